The molecular formula is C15H30. The van der Waals surface area contributed by atoms with Crippen molar-refractivity contribution >= 4 is 0 Å². The topological polar surface area (TPSA) is 0 Å². The van der Waals surface area contributed by atoms with Gasteiger partial charge >= 0.3 is 0 Å². The second kappa shape index (κ2) is 5.37. The molecule has 1 aliphatic carbocycles. The first kappa shape index (κ1) is 13.1. The molecule has 90 valence electrons. The molecule has 0 radical (unpaired) electrons. The first-order valence-electron chi connectivity index (χ1n) is 7.01. The Hall–Kier alpha value is 0. The van der Waals surface area contributed by atoms with Crippen molar-refractivity contribution in [1.29, 1.82) is 0 Å². The van der Waals surface area contributed by atoms with E-state index in [1.807, 2.05) is 0 Å². The Morgan fingerprint density at radius 3 is 2.20 bits per heavy atom. The van der Waals surface area contributed by atoms with Gasteiger partial charge in [0.1, 0.15) is 0 Å². The summed E-state index contributed by atoms with van der Waals surface area (Å²) >= 11 is 0. The highest BCUT2D eigenvalue weighted by Gasteiger charge is 2.44. The van der Waals surface area contributed by atoms with Crippen molar-refractivity contribution < 1.29 is 0 Å². The predicted molar refractivity (Wildman–Crippen MR) is 69.0 cm³/mol. The van der Waals surface area contributed by atoms with Crippen molar-refractivity contribution in [2.75, 3.05) is 0 Å². The van der Waals surface area contributed by atoms with E-state index < -0.39 is 0 Å². The van der Waals surface area contributed by atoms with E-state index in [0.29, 0.717) is 5.41 Å². The third-order valence-electron chi connectivity index (χ3n) is 4.58. The zero-order chi connectivity index (χ0) is 11.5. The molecule has 0 bridgehead atoms. The molecule has 0 aliphatic heterocycles. The molecule has 0 heterocycles. The lowest BCUT2D eigenvalue weighted by Gasteiger charge is -2.27. The lowest BCUT2D eigenvalue weighted by atomic mass is 9.78. The largest absolute Gasteiger partial charge is 0.0654 e. The summed E-state index contributed by atoms with van der Waals surface area (Å²) in [6, 6.07) is 0. The first-order valence-corrected chi connectivity index (χ1v) is 7.01. The van der Waals surface area contributed by atoms with Crippen molar-refractivity contribution in [2.45, 2.75) is 73.1 Å². The maximum Gasteiger partial charge on any atom is -0.0323 e. The van der Waals surface area contributed by atoms with Crippen LogP contribution in [0.5, 0.6) is 0 Å². The fourth-order valence-electron chi connectivity index (χ4n) is 3.13. The van der Waals surface area contributed by atoms with E-state index in [1.54, 1.807) is 0 Å². The quantitative estimate of drug-likeness (QED) is 0.536. The lowest BCUT2D eigenvalue weighted by Crippen LogP contribution is -2.17. The van der Waals surface area contributed by atoms with Crippen LogP contribution in [0.4, 0.5) is 0 Å². The van der Waals surface area contributed by atoms with E-state index in [0.717, 1.165) is 17.8 Å². The van der Waals surface area contributed by atoms with E-state index in [9.17, 15) is 0 Å². The minimum absolute atomic E-state index is 0.612. The molecule has 3 atom stereocenters. The number of hydrogen-bond acceptors (Lipinski definition) is 0. The molecule has 0 aromatic heterocycles. The Labute approximate surface area is 96.8 Å². The Balaban J connectivity index is 2.28. The van der Waals surface area contributed by atoms with Gasteiger partial charge < -0.3 is 0 Å². The number of rotatable bonds is 7. The number of hydrogen-bond donors (Lipinski definition) is 0. The molecule has 1 saturated carbocycles. The van der Waals surface area contributed by atoms with Crippen LogP contribution in [0.1, 0.15) is 73.1 Å². The average Bonchev–Trinajstić information content (AvgIpc) is 2.91. The van der Waals surface area contributed by atoms with E-state index in [1.165, 1.54) is 38.5 Å². The molecule has 0 aromatic rings. The highest BCUT2D eigenvalue weighted by molar-refractivity contribution is 4.93. The molecule has 0 spiro atoms. The molecule has 0 heteroatoms. The van der Waals surface area contributed by atoms with E-state index in [4.69, 9.17) is 0 Å². The van der Waals surface area contributed by atoms with Gasteiger partial charge in [-0.05, 0) is 42.4 Å². The van der Waals surface area contributed by atoms with Crippen molar-refractivity contribution in [2.24, 2.45) is 23.2 Å². The monoisotopic (exact) mass is 210 g/mol. The second-order valence-electron chi connectivity index (χ2n) is 6.41. The second-order valence-corrected chi connectivity index (χ2v) is 6.41. The molecule has 1 fully saturated rings. The van der Waals surface area contributed by atoms with Gasteiger partial charge in [-0.25, -0.2) is 0 Å². The van der Waals surface area contributed by atoms with Gasteiger partial charge in [-0.2, -0.15) is 0 Å². The first-order chi connectivity index (χ1) is 7.01. The third kappa shape index (κ3) is 3.81. The highest BCUT2D eigenvalue weighted by Crippen LogP contribution is 2.53. The van der Waals surface area contributed by atoms with E-state index >= 15 is 0 Å². The summed E-state index contributed by atoms with van der Waals surface area (Å²) in [5.74, 6) is 3.02. The molecule has 1 aliphatic rings. The summed E-state index contributed by atoms with van der Waals surface area (Å²) in [4.78, 5) is 0. The van der Waals surface area contributed by atoms with Gasteiger partial charge in [-0.15, -0.1) is 0 Å². The van der Waals surface area contributed by atoms with Gasteiger partial charge in [-0.3, -0.25) is 0 Å². The van der Waals surface area contributed by atoms with E-state index in [-0.39, 0.29) is 0 Å². The zero-order valence-electron chi connectivity index (χ0n) is 11.5. The Morgan fingerprint density at radius 1 is 1.20 bits per heavy atom. The molecule has 0 aromatic carbocycles. The Bertz CT molecular complexity index is 180. The van der Waals surface area contributed by atoms with Crippen LogP contribution in [-0.4, -0.2) is 0 Å². The van der Waals surface area contributed by atoms with Crippen LogP contribution in [0.25, 0.3) is 0 Å². The van der Waals surface area contributed by atoms with Gasteiger partial charge in [0, 0.05) is 0 Å². The van der Waals surface area contributed by atoms with E-state index in [2.05, 4.69) is 34.6 Å². The summed E-state index contributed by atoms with van der Waals surface area (Å²) in [5.41, 5.74) is 0.612. The summed E-state index contributed by atoms with van der Waals surface area (Å²) in [6.07, 6.45) is 8.56. The van der Waals surface area contributed by atoms with Crippen LogP contribution in [0.2, 0.25) is 0 Å². The van der Waals surface area contributed by atoms with Crippen molar-refractivity contribution in [3.63, 3.8) is 0 Å². The zero-order valence-corrected chi connectivity index (χ0v) is 11.5. The smallest absolute Gasteiger partial charge is 0.0323 e. The van der Waals surface area contributed by atoms with Gasteiger partial charge in [-0.1, -0.05) is 53.9 Å². The van der Waals surface area contributed by atoms with Crippen LogP contribution >= 0.6 is 0 Å². The van der Waals surface area contributed by atoms with Crippen LogP contribution in [-0.2, 0) is 0 Å². The van der Waals surface area contributed by atoms with Crippen LogP contribution in [0, 0.1) is 23.2 Å². The normalized spacial score (nSPS) is 27.8. The van der Waals surface area contributed by atoms with Crippen LogP contribution < -0.4 is 0 Å². The Kier molecular flexibility index (Phi) is 4.67. The molecule has 0 N–H and O–H groups in total. The van der Waals surface area contributed by atoms with Crippen molar-refractivity contribution in [3.05, 3.63) is 0 Å². The van der Waals surface area contributed by atoms with Gasteiger partial charge in [0.25, 0.3) is 0 Å². The summed E-state index contributed by atoms with van der Waals surface area (Å²) in [7, 11) is 0. The van der Waals surface area contributed by atoms with Gasteiger partial charge in [0.15, 0.2) is 0 Å². The third-order valence-corrected chi connectivity index (χ3v) is 4.58. The molecule has 0 amide bonds. The maximum absolute atomic E-state index is 2.49. The standard InChI is InChI=1S/C15H30/c1-6-8-13(7-2)9-10-15(4,5)14-11-12(14)3/h12-14H,6-11H2,1-5H3. The molecule has 3 unspecified atom stereocenters. The molecule has 0 nitrogen and oxygen atoms in total. The van der Waals surface area contributed by atoms with Gasteiger partial charge in [0.05, 0.1) is 0 Å². The van der Waals surface area contributed by atoms with Crippen molar-refractivity contribution in [1.82, 2.24) is 0 Å². The lowest BCUT2D eigenvalue weighted by molar-refractivity contribution is 0.236. The molecule has 15 heavy (non-hydrogen) atoms. The Morgan fingerprint density at radius 2 is 1.80 bits per heavy atom. The summed E-state index contributed by atoms with van der Waals surface area (Å²) in [5, 5.41) is 0. The molecular weight excluding hydrogens is 180 g/mol. The minimum Gasteiger partial charge on any atom is -0.0654 e. The summed E-state index contributed by atoms with van der Waals surface area (Å²) in [6.45, 7) is 12.1. The fraction of sp³-hybridized carbons (Fsp3) is 1.00. The van der Waals surface area contributed by atoms with Gasteiger partial charge in [0.2, 0.25) is 0 Å². The maximum atomic E-state index is 2.49. The fourth-order valence-corrected chi connectivity index (χ4v) is 3.13. The predicted octanol–water partition coefficient (Wildman–Crippen LogP) is 5.28. The summed E-state index contributed by atoms with van der Waals surface area (Å²) < 4.78 is 0. The minimum atomic E-state index is 0.612. The average molecular weight is 210 g/mol. The van der Waals surface area contributed by atoms with Crippen LogP contribution in [0.3, 0.4) is 0 Å². The van der Waals surface area contributed by atoms with Crippen LogP contribution in [0.15, 0.2) is 0 Å². The highest BCUT2D eigenvalue weighted by atomic mass is 14.5. The SMILES string of the molecule is CCCC(CC)CCC(C)(C)C1CC1C. The molecule has 1 rings (SSSR count). The van der Waals surface area contributed by atoms with Crippen molar-refractivity contribution in [3.8, 4) is 0 Å². The molecule has 0 saturated heterocycles.